The molecule has 44 heavy (non-hydrogen) atoms. The van der Waals surface area contributed by atoms with Crippen LogP contribution in [-0.4, -0.2) is 16.2 Å². The Morgan fingerprint density at radius 2 is 1.45 bits per heavy atom. The van der Waals surface area contributed by atoms with Crippen LogP contribution in [-0.2, 0) is 0 Å². The van der Waals surface area contributed by atoms with Crippen LogP contribution >= 0.6 is 0 Å². The highest BCUT2D eigenvalue weighted by atomic mass is 19.1. The smallest absolute Gasteiger partial charge is 0.165 e. The van der Waals surface area contributed by atoms with Gasteiger partial charge in [-0.2, -0.15) is 5.26 Å². The van der Waals surface area contributed by atoms with E-state index in [1.807, 2.05) is 83.4 Å². The van der Waals surface area contributed by atoms with Gasteiger partial charge in [0.15, 0.2) is 11.6 Å². The second-order valence-electron chi connectivity index (χ2n) is 10.6. The lowest BCUT2D eigenvalue weighted by Gasteiger charge is -2.22. The fourth-order valence-corrected chi connectivity index (χ4v) is 6.00. The molecular weight excluding hydrogens is 549 g/mol. The van der Waals surface area contributed by atoms with Crippen LogP contribution in [0.5, 0.6) is 11.5 Å². The molecule has 0 fully saturated rings. The third-order valence-corrected chi connectivity index (χ3v) is 8.01. The zero-order chi connectivity index (χ0) is 29.6. The van der Waals surface area contributed by atoms with E-state index < -0.39 is 5.82 Å². The van der Waals surface area contributed by atoms with Crippen molar-refractivity contribution in [1.29, 1.82) is 5.26 Å². The number of ether oxygens (including phenoxy) is 1. The molecule has 7 heteroatoms. The number of rotatable bonds is 5. The van der Waals surface area contributed by atoms with Crippen molar-refractivity contribution >= 4 is 44.6 Å². The van der Waals surface area contributed by atoms with Crippen molar-refractivity contribution in [3.8, 4) is 23.4 Å². The lowest BCUT2D eigenvalue weighted by molar-refractivity contribution is 0.443. The van der Waals surface area contributed by atoms with Crippen molar-refractivity contribution in [1.82, 2.24) is 9.55 Å². The summed E-state index contributed by atoms with van der Waals surface area (Å²) >= 11 is 0. The topological polar surface area (TPSA) is 57.3 Å². The van der Waals surface area contributed by atoms with Crippen LogP contribution in [0.15, 0.2) is 134 Å². The van der Waals surface area contributed by atoms with Gasteiger partial charge in [-0.05, 0) is 78.9 Å². The summed E-state index contributed by atoms with van der Waals surface area (Å²) in [6.45, 7) is 0.579. The fraction of sp³-hybridized carbons (Fsp3) is 0.0270. The molecule has 8 rings (SSSR count). The van der Waals surface area contributed by atoms with Crippen LogP contribution < -0.4 is 14.5 Å². The molecule has 2 aromatic heterocycles. The highest BCUT2D eigenvalue weighted by Crippen LogP contribution is 2.45. The molecule has 0 amide bonds. The second kappa shape index (κ2) is 10.3. The van der Waals surface area contributed by atoms with Gasteiger partial charge in [0.2, 0.25) is 0 Å². The van der Waals surface area contributed by atoms with Crippen molar-refractivity contribution in [2.75, 3.05) is 16.5 Å². The Balaban J connectivity index is 1.19. The molecule has 0 unspecified atom stereocenters. The summed E-state index contributed by atoms with van der Waals surface area (Å²) in [5.74, 6) is 0.898. The Morgan fingerprint density at radius 3 is 2.23 bits per heavy atom. The van der Waals surface area contributed by atoms with Gasteiger partial charge >= 0.3 is 0 Å². The van der Waals surface area contributed by atoms with Crippen LogP contribution in [0.3, 0.4) is 0 Å². The molecule has 0 spiro atoms. The number of aromatic nitrogens is 2. The highest BCUT2D eigenvalue weighted by Gasteiger charge is 2.28. The molecule has 1 aliphatic rings. The lowest BCUT2D eigenvalue weighted by Crippen LogP contribution is -2.23. The molecule has 0 bridgehead atoms. The van der Waals surface area contributed by atoms with E-state index in [4.69, 9.17) is 4.74 Å². The maximum absolute atomic E-state index is 15.3. The maximum atomic E-state index is 15.3. The van der Waals surface area contributed by atoms with Crippen LogP contribution in [0, 0.1) is 17.1 Å². The highest BCUT2D eigenvalue weighted by molar-refractivity contribution is 6.10. The predicted octanol–water partition coefficient (Wildman–Crippen LogP) is 9.23. The van der Waals surface area contributed by atoms with Crippen LogP contribution in [0.4, 0.5) is 27.1 Å². The number of para-hydroxylation sites is 3. The van der Waals surface area contributed by atoms with Gasteiger partial charge in [-0.1, -0.05) is 36.4 Å². The lowest BCUT2D eigenvalue weighted by atomic mass is 10.1. The minimum Gasteiger partial charge on any atom is -0.454 e. The predicted molar refractivity (Wildman–Crippen MR) is 172 cm³/mol. The third kappa shape index (κ3) is 4.20. The molecule has 1 aliphatic heterocycles. The van der Waals surface area contributed by atoms with Crippen molar-refractivity contribution < 1.29 is 9.13 Å². The molecule has 0 atom stereocenters. The molecule has 3 heterocycles. The molecule has 5 aromatic carbocycles. The molecular formula is C37H24FN5O. The van der Waals surface area contributed by atoms with Crippen molar-refractivity contribution in [2.45, 2.75) is 0 Å². The van der Waals surface area contributed by atoms with Gasteiger partial charge in [-0.15, -0.1) is 0 Å². The summed E-state index contributed by atoms with van der Waals surface area (Å²) in [6.07, 6.45) is 1.74. The number of nitriles is 1. The van der Waals surface area contributed by atoms with Gasteiger partial charge in [0.1, 0.15) is 18.2 Å². The molecule has 0 saturated heterocycles. The standard InChI is InChI=1S/C37H24FN5O/c38-31-17-14-27(42-24-41(26-8-2-1-3-9-26)33-10-4-5-11-34(33)42)21-36(31)44-28-15-16-29-30-20-25(23-39)13-18-32(30)43(35(29)22-28)37-12-6-7-19-40-37/h1-22H,24H2. The Labute approximate surface area is 253 Å². The number of nitrogens with zero attached hydrogens (tertiary/aromatic N) is 5. The molecule has 0 N–H and O–H groups in total. The zero-order valence-electron chi connectivity index (χ0n) is 23.4. The Morgan fingerprint density at radius 1 is 0.682 bits per heavy atom. The zero-order valence-corrected chi connectivity index (χ0v) is 23.4. The molecule has 7 aromatic rings. The van der Waals surface area contributed by atoms with Gasteiger partial charge in [-0.25, -0.2) is 9.37 Å². The Bertz CT molecular complexity index is 2220. The van der Waals surface area contributed by atoms with Gasteiger partial charge in [-0.3, -0.25) is 4.57 Å². The molecule has 0 aliphatic carbocycles. The van der Waals surface area contributed by atoms with Crippen LogP contribution in [0.2, 0.25) is 0 Å². The number of hydrogen-bond donors (Lipinski definition) is 0. The number of halogens is 1. The fourth-order valence-electron chi connectivity index (χ4n) is 6.00. The van der Waals surface area contributed by atoms with Crippen LogP contribution in [0.25, 0.3) is 27.6 Å². The first-order valence-corrected chi connectivity index (χ1v) is 14.2. The SMILES string of the molecule is N#Cc1ccc2c(c1)c1ccc(Oc3cc(N4CN(c5ccccc5)c5ccccc54)ccc3F)cc1n2-c1ccccn1. The summed E-state index contributed by atoms with van der Waals surface area (Å²) in [4.78, 5) is 8.98. The molecule has 0 saturated carbocycles. The van der Waals surface area contributed by atoms with E-state index >= 15 is 4.39 Å². The number of anilines is 4. The van der Waals surface area contributed by atoms with Gasteiger partial charge in [0.05, 0.1) is 34.0 Å². The van der Waals surface area contributed by atoms with Crippen LogP contribution in [0.1, 0.15) is 5.56 Å². The normalized spacial score (nSPS) is 12.5. The van der Waals surface area contributed by atoms with Gasteiger partial charge < -0.3 is 14.5 Å². The third-order valence-electron chi connectivity index (χ3n) is 8.01. The maximum Gasteiger partial charge on any atom is 0.165 e. The summed E-state index contributed by atoms with van der Waals surface area (Å²) < 4.78 is 23.6. The van der Waals surface area contributed by atoms with Gasteiger partial charge in [0, 0.05) is 40.5 Å². The van der Waals surface area contributed by atoms with E-state index in [9.17, 15) is 5.26 Å². The minimum atomic E-state index is -0.454. The van der Waals surface area contributed by atoms with E-state index in [0.717, 1.165) is 50.4 Å². The molecule has 0 radical (unpaired) electrons. The Hall–Kier alpha value is -6.13. The molecule has 6 nitrogen and oxygen atoms in total. The van der Waals surface area contributed by atoms with E-state index in [-0.39, 0.29) is 5.75 Å². The Kier molecular flexibility index (Phi) is 5.98. The summed E-state index contributed by atoms with van der Waals surface area (Å²) in [5.41, 5.74) is 6.35. The summed E-state index contributed by atoms with van der Waals surface area (Å²) in [6, 6.07) is 42.7. The number of hydrogen-bond acceptors (Lipinski definition) is 5. The van der Waals surface area contributed by atoms with Gasteiger partial charge in [0.25, 0.3) is 0 Å². The monoisotopic (exact) mass is 573 g/mol. The van der Waals surface area contributed by atoms with E-state index in [0.29, 0.717) is 18.0 Å². The van der Waals surface area contributed by atoms with E-state index in [2.05, 4.69) is 45.1 Å². The first-order chi connectivity index (χ1) is 21.7. The second-order valence-corrected chi connectivity index (χ2v) is 10.6. The first kappa shape index (κ1) is 25.6. The average molecular weight is 574 g/mol. The van der Waals surface area contributed by atoms with E-state index in [1.54, 1.807) is 24.4 Å². The average Bonchev–Trinajstić information content (AvgIpc) is 3.62. The van der Waals surface area contributed by atoms with Crippen molar-refractivity contribution in [3.05, 3.63) is 145 Å². The number of benzene rings is 5. The quantitative estimate of drug-likeness (QED) is 0.205. The number of fused-ring (bicyclic) bond motifs is 4. The summed E-state index contributed by atoms with van der Waals surface area (Å²) in [5, 5.41) is 11.4. The summed E-state index contributed by atoms with van der Waals surface area (Å²) in [7, 11) is 0. The van der Waals surface area contributed by atoms with Crippen molar-refractivity contribution in [2.24, 2.45) is 0 Å². The first-order valence-electron chi connectivity index (χ1n) is 14.2. The minimum absolute atomic E-state index is 0.129. The van der Waals surface area contributed by atoms with Crippen molar-refractivity contribution in [3.63, 3.8) is 0 Å². The molecule has 210 valence electrons. The van der Waals surface area contributed by atoms with E-state index in [1.165, 1.54) is 6.07 Å². The number of pyridine rings is 1. The largest absolute Gasteiger partial charge is 0.454 e.